The summed E-state index contributed by atoms with van der Waals surface area (Å²) < 4.78 is 7.87. The van der Waals surface area contributed by atoms with Crippen LogP contribution in [0.15, 0.2) is 47.8 Å². The van der Waals surface area contributed by atoms with E-state index in [0.29, 0.717) is 24.3 Å². The summed E-state index contributed by atoms with van der Waals surface area (Å²) in [6, 6.07) is 5.89. The molecule has 0 bridgehead atoms. The number of hydrogen-bond donors (Lipinski definition) is 0. The van der Waals surface area contributed by atoms with Crippen molar-refractivity contribution >= 4 is 32.9 Å². The molecule has 0 atom stereocenters. The summed E-state index contributed by atoms with van der Waals surface area (Å²) in [5, 5.41) is 0. The number of benzene rings is 1. The summed E-state index contributed by atoms with van der Waals surface area (Å²) in [5.41, 5.74) is 3.93. The summed E-state index contributed by atoms with van der Waals surface area (Å²) in [6.45, 7) is 3.73. The molecule has 1 aliphatic carbocycles. The van der Waals surface area contributed by atoms with Crippen LogP contribution in [0.5, 0.6) is 0 Å². The number of amides is 2. The average molecular weight is 428 g/mol. The van der Waals surface area contributed by atoms with E-state index in [1.54, 1.807) is 12.4 Å². The first-order chi connectivity index (χ1) is 14.4. The van der Waals surface area contributed by atoms with Gasteiger partial charge in [0.15, 0.2) is 0 Å². The number of carbonyl (C=O) groups is 2. The largest absolute Gasteiger partial charge is 0.360 e. The molecule has 0 unspecified atom stereocenters. The highest BCUT2D eigenvalue weighted by molar-refractivity contribution is 8.32. The number of aromatic nitrogens is 2. The Morgan fingerprint density at radius 2 is 2.03 bits per heavy atom. The Labute approximate surface area is 178 Å². The maximum Gasteiger partial charge on any atom is 0.261 e. The predicted molar refractivity (Wildman–Crippen MR) is 121 cm³/mol. The van der Waals surface area contributed by atoms with Gasteiger partial charge < -0.3 is 9.30 Å². The zero-order valence-electron chi connectivity index (χ0n) is 17.9. The van der Waals surface area contributed by atoms with Crippen molar-refractivity contribution in [3.8, 4) is 0 Å². The van der Waals surface area contributed by atoms with Gasteiger partial charge in [0.25, 0.3) is 11.8 Å². The molecule has 160 valence electrons. The van der Waals surface area contributed by atoms with E-state index in [0.717, 1.165) is 35.4 Å². The van der Waals surface area contributed by atoms with Crippen molar-refractivity contribution in [1.29, 1.82) is 0 Å². The average Bonchev–Trinajstić information content (AvgIpc) is 3.26. The lowest BCUT2D eigenvalue weighted by Crippen LogP contribution is -2.31. The number of carbonyl (C=O) groups excluding carboxylic acids is 2. The SMILES string of the molecule is CCS(C)(C)CCOCn1cnc2cc(CN3C(=O)C4=C(CCC=C4)C3=O)ccc21. The van der Waals surface area contributed by atoms with Gasteiger partial charge in [-0.1, -0.05) is 25.1 Å². The van der Waals surface area contributed by atoms with Gasteiger partial charge in [0, 0.05) is 16.9 Å². The zero-order valence-corrected chi connectivity index (χ0v) is 18.7. The molecule has 1 aromatic heterocycles. The number of rotatable bonds is 8. The molecule has 0 fully saturated rings. The fourth-order valence-corrected chi connectivity index (χ4v) is 4.57. The standard InChI is InChI=1S/C23H29N3O3S/c1-4-30(2,3)12-11-29-16-25-15-24-20-13-17(9-10-21(20)25)14-26-22(27)18-7-5-6-8-19(18)23(26)28/h5,7,9-10,13,15H,4,6,8,11-12,14,16H2,1-3H3. The van der Waals surface area contributed by atoms with Gasteiger partial charge in [-0.15, -0.1) is 0 Å². The van der Waals surface area contributed by atoms with Gasteiger partial charge >= 0.3 is 0 Å². The van der Waals surface area contributed by atoms with E-state index in [1.165, 1.54) is 10.7 Å². The minimum atomic E-state index is -0.554. The topological polar surface area (TPSA) is 64.4 Å². The van der Waals surface area contributed by atoms with Gasteiger partial charge in [-0.05, 0) is 48.8 Å². The third-order valence-electron chi connectivity index (χ3n) is 5.97. The lowest BCUT2D eigenvalue weighted by atomic mass is 10.00. The molecule has 1 aromatic carbocycles. The molecule has 2 aromatic rings. The van der Waals surface area contributed by atoms with Crippen molar-refractivity contribution in [2.45, 2.75) is 33.0 Å². The lowest BCUT2D eigenvalue weighted by Gasteiger charge is -2.29. The number of hydrogen-bond acceptors (Lipinski definition) is 4. The van der Waals surface area contributed by atoms with Crippen molar-refractivity contribution in [1.82, 2.24) is 14.5 Å². The smallest absolute Gasteiger partial charge is 0.261 e. The van der Waals surface area contributed by atoms with Crippen LogP contribution in [-0.2, 0) is 27.6 Å². The van der Waals surface area contributed by atoms with Crippen molar-refractivity contribution < 1.29 is 14.3 Å². The summed E-state index contributed by atoms with van der Waals surface area (Å²) in [7, 11) is -0.554. The highest BCUT2D eigenvalue weighted by atomic mass is 32.3. The Morgan fingerprint density at radius 3 is 2.80 bits per heavy atom. The number of nitrogens with zero attached hydrogens (tertiary/aromatic N) is 3. The molecular formula is C23H29N3O3S. The second kappa shape index (κ2) is 8.40. The van der Waals surface area contributed by atoms with E-state index < -0.39 is 10.0 Å². The normalized spacial score (nSPS) is 17.4. The Kier molecular flexibility index (Phi) is 5.84. The van der Waals surface area contributed by atoms with Crippen LogP contribution in [0.4, 0.5) is 0 Å². The number of imide groups is 1. The van der Waals surface area contributed by atoms with E-state index in [2.05, 4.69) is 24.4 Å². The number of imidazole rings is 1. The first-order valence-electron chi connectivity index (χ1n) is 10.4. The molecule has 0 saturated heterocycles. The van der Waals surface area contributed by atoms with Crippen LogP contribution >= 0.6 is 10.0 Å². The van der Waals surface area contributed by atoms with Crippen molar-refractivity contribution in [2.75, 3.05) is 30.6 Å². The number of allylic oxidation sites excluding steroid dienone is 1. The van der Waals surface area contributed by atoms with Gasteiger partial charge in [0.2, 0.25) is 0 Å². The summed E-state index contributed by atoms with van der Waals surface area (Å²) in [4.78, 5) is 31.1. The van der Waals surface area contributed by atoms with E-state index in [4.69, 9.17) is 4.74 Å². The van der Waals surface area contributed by atoms with Crippen LogP contribution in [0.2, 0.25) is 0 Å². The number of ether oxygens (including phenoxy) is 1. The number of fused-ring (bicyclic) bond motifs is 1. The van der Waals surface area contributed by atoms with E-state index in [-0.39, 0.29) is 18.4 Å². The summed E-state index contributed by atoms with van der Waals surface area (Å²) in [6.07, 6.45) is 11.7. The van der Waals surface area contributed by atoms with Gasteiger partial charge in [0.05, 0.1) is 30.5 Å². The third kappa shape index (κ3) is 4.09. The first-order valence-corrected chi connectivity index (χ1v) is 13.1. The van der Waals surface area contributed by atoms with E-state index in [9.17, 15) is 9.59 Å². The monoisotopic (exact) mass is 427 g/mol. The molecule has 6 nitrogen and oxygen atoms in total. The molecule has 0 saturated carbocycles. The van der Waals surface area contributed by atoms with Crippen LogP contribution in [0.1, 0.15) is 25.3 Å². The molecule has 7 heteroatoms. The lowest BCUT2D eigenvalue weighted by molar-refractivity contribution is -0.138. The fourth-order valence-electron chi connectivity index (χ4n) is 3.72. The maximum atomic E-state index is 12.6. The first kappa shape index (κ1) is 20.9. The highest BCUT2D eigenvalue weighted by Gasteiger charge is 2.37. The Morgan fingerprint density at radius 1 is 1.20 bits per heavy atom. The quantitative estimate of drug-likeness (QED) is 0.477. The minimum Gasteiger partial charge on any atom is -0.360 e. The molecule has 30 heavy (non-hydrogen) atoms. The molecule has 0 N–H and O–H groups in total. The Balaban J connectivity index is 1.41. The Hall–Kier alpha value is -2.38. The molecular weight excluding hydrogens is 398 g/mol. The van der Waals surface area contributed by atoms with Gasteiger partial charge in [-0.3, -0.25) is 14.5 Å². The second-order valence-electron chi connectivity index (χ2n) is 8.36. The third-order valence-corrected chi connectivity index (χ3v) is 8.80. The minimum absolute atomic E-state index is 0.157. The van der Waals surface area contributed by atoms with E-state index >= 15 is 0 Å². The zero-order chi connectivity index (χ0) is 21.3. The molecule has 2 amide bonds. The molecule has 0 radical (unpaired) electrons. The molecule has 4 rings (SSSR count). The van der Waals surface area contributed by atoms with Crippen molar-refractivity contribution in [3.05, 3.63) is 53.4 Å². The molecule has 1 aliphatic heterocycles. The molecule has 0 spiro atoms. The van der Waals surface area contributed by atoms with E-state index in [1.807, 2.05) is 28.8 Å². The van der Waals surface area contributed by atoms with Crippen molar-refractivity contribution in [2.24, 2.45) is 0 Å². The molecule has 2 aliphatic rings. The maximum absolute atomic E-state index is 12.6. The second-order valence-corrected chi connectivity index (χ2v) is 12.9. The van der Waals surface area contributed by atoms with Gasteiger partial charge in [-0.25, -0.2) is 15.0 Å². The van der Waals surface area contributed by atoms with Gasteiger partial charge in [-0.2, -0.15) is 0 Å². The van der Waals surface area contributed by atoms with Crippen LogP contribution in [0.25, 0.3) is 11.0 Å². The van der Waals surface area contributed by atoms with Crippen LogP contribution < -0.4 is 0 Å². The predicted octanol–water partition coefficient (Wildman–Crippen LogP) is 3.61. The Bertz CT molecular complexity index is 1050. The summed E-state index contributed by atoms with van der Waals surface area (Å²) in [5.74, 6) is 1.97. The van der Waals surface area contributed by atoms with Crippen molar-refractivity contribution in [3.63, 3.8) is 0 Å². The van der Waals surface area contributed by atoms with Gasteiger partial charge in [0.1, 0.15) is 6.73 Å². The summed E-state index contributed by atoms with van der Waals surface area (Å²) >= 11 is 0. The van der Waals surface area contributed by atoms with Crippen LogP contribution in [0, 0.1) is 0 Å². The highest BCUT2D eigenvalue weighted by Crippen LogP contribution is 2.38. The molecule has 2 heterocycles. The van der Waals surface area contributed by atoms with Crippen LogP contribution in [0.3, 0.4) is 0 Å². The van der Waals surface area contributed by atoms with Crippen LogP contribution in [-0.4, -0.2) is 56.9 Å². The fraction of sp³-hybridized carbons (Fsp3) is 0.435.